The summed E-state index contributed by atoms with van der Waals surface area (Å²) in [6.45, 7) is 4.24. The van der Waals surface area contributed by atoms with Crippen molar-refractivity contribution in [3.63, 3.8) is 0 Å². The molecule has 2 N–H and O–H groups in total. The summed E-state index contributed by atoms with van der Waals surface area (Å²) >= 11 is 0. The second kappa shape index (κ2) is 9.62. The quantitative estimate of drug-likeness (QED) is 0.438. The van der Waals surface area contributed by atoms with Crippen molar-refractivity contribution in [3.8, 4) is 22.5 Å². The molecule has 0 saturated heterocycles. The number of unbranched alkanes of at least 4 members (excludes halogenated alkanes) is 1. The van der Waals surface area contributed by atoms with E-state index in [2.05, 4.69) is 57.9 Å². The maximum Gasteiger partial charge on any atom is 0.205 e. The Morgan fingerprint density at radius 2 is 1.74 bits per heavy atom. The molecule has 0 fully saturated rings. The molecule has 4 rings (SSSR count). The molecule has 0 saturated carbocycles. The SMILES string of the molecule is CCCCc1ncc(C)c(CO)c1Cc1ccc(-c2ccccc2-c2nn[nH]n2)cc1. The highest BCUT2D eigenvalue weighted by Gasteiger charge is 2.14. The first-order chi connectivity index (χ1) is 15.2. The highest BCUT2D eigenvalue weighted by atomic mass is 16.3. The number of aromatic amines is 1. The highest BCUT2D eigenvalue weighted by Crippen LogP contribution is 2.30. The average molecular weight is 414 g/mol. The second-order valence-corrected chi connectivity index (χ2v) is 7.76. The van der Waals surface area contributed by atoms with Gasteiger partial charge in [-0.15, -0.1) is 10.2 Å². The molecule has 4 aromatic rings. The van der Waals surface area contributed by atoms with Gasteiger partial charge in [0.2, 0.25) is 5.82 Å². The monoisotopic (exact) mass is 413 g/mol. The molecular weight excluding hydrogens is 386 g/mol. The second-order valence-electron chi connectivity index (χ2n) is 7.76. The average Bonchev–Trinajstić information content (AvgIpc) is 3.34. The van der Waals surface area contributed by atoms with Gasteiger partial charge in [0.25, 0.3) is 0 Å². The van der Waals surface area contributed by atoms with Crippen LogP contribution in [-0.2, 0) is 19.4 Å². The largest absolute Gasteiger partial charge is 0.392 e. The van der Waals surface area contributed by atoms with E-state index >= 15 is 0 Å². The minimum absolute atomic E-state index is 0.0406. The van der Waals surface area contributed by atoms with Gasteiger partial charge in [-0.1, -0.05) is 61.9 Å². The molecule has 2 heterocycles. The molecule has 0 aliphatic rings. The first kappa shape index (κ1) is 20.9. The molecule has 0 radical (unpaired) electrons. The van der Waals surface area contributed by atoms with Crippen LogP contribution in [0.15, 0.2) is 54.7 Å². The first-order valence-corrected chi connectivity index (χ1v) is 10.7. The summed E-state index contributed by atoms with van der Waals surface area (Å²) < 4.78 is 0. The van der Waals surface area contributed by atoms with Crippen molar-refractivity contribution < 1.29 is 5.11 Å². The number of nitrogens with zero attached hydrogens (tertiary/aromatic N) is 4. The normalized spacial score (nSPS) is 11.1. The van der Waals surface area contributed by atoms with Crippen molar-refractivity contribution in [1.82, 2.24) is 25.6 Å². The third-order valence-electron chi connectivity index (χ3n) is 5.69. The smallest absolute Gasteiger partial charge is 0.205 e. The van der Waals surface area contributed by atoms with E-state index in [0.717, 1.165) is 64.8 Å². The number of hydrogen-bond donors (Lipinski definition) is 2. The van der Waals surface area contributed by atoms with Gasteiger partial charge in [-0.25, -0.2) is 0 Å². The van der Waals surface area contributed by atoms with Crippen LogP contribution >= 0.6 is 0 Å². The summed E-state index contributed by atoms with van der Waals surface area (Å²) in [7, 11) is 0. The summed E-state index contributed by atoms with van der Waals surface area (Å²) in [6, 6.07) is 16.6. The van der Waals surface area contributed by atoms with E-state index in [1.54, 1.807) is 0 Å². The van der Waals surface area contributed by atoms with E-state index in [4.69, 9.17) is 4.98 Å². The lowest BCUT2D eigenvalue weighted by atomic mass is 9.92. The van der Waals surface area contributed by atoms with E-state index < -0.39 is 0 Å². The van der Waals surface area contributed by atoms with Crippen LogP contribution in [-0.4, -0.2) is 30.7 Å². The molecule has 0 aliphatic heterocycles. The van der Waals surface area contributed by atoms with Gasteiger partial charge in [-0.2, -0.15) is 5.21 Å². The number of aliphatic hydroxyl groups is 1. The lowest BCUT2D eigenvalue weighted by Gasteiger charge is -2.16. The van der Waals surface area contributed by atoms with Crippen LogP contribution in [0.5, 0.6) is 0 Å². The van der Waals surface area contributed by atoms with Crippen LogP contribution in [0.4, 0.5) is 0 Å². The third-order valence-corrected chi connectivity index (χ3v) is 5.69. The van der Waals surface area contributed by atoms with Crippen molar-refractivity contribution in [2.45, 2.75) is 46.1 Å². The number of benzene rings is 2. The summed E-state index contributed by atoms with van der Waals surface area (Å²) in [5.41, 5.74) is 8.61. The molecule has 31 heavy (non-hydrogen) atoms. The Kier molecular flexibility index (Phi) is 6.48. The lowest BCUT2D eigenvalue weighted by Crippen LogP contribution is -2.07. The predicted octanol–water partition coefficient (Wildman–Crippen LogP) is 4.66. The minimum atomic E-state index is 0.0406. The molecule has 6 nitrogen and oxygen atoms in total. The molecule has 2 aromatic heterocycles. The number of aryl methyl sites for hydroxylation is 2. The van der Waals surface area contributed by atoms with Gasteiger partial charge in [0.15, 0.2) is 0 Å². The van der Waals surface area contributed by atoms with Gasteiger partial charge in [-0.05, 0) is 64.8 Å². The number of nitrogens with one attached hydrogen (secondary N) is 1. The Morgan fingerprint density at radius 1 is 0.968 bits per heavy atom. The molecule has 0 aliphatic carbocycles. The van der Waals surface area contributed by atoms with E-state index in [9.17, 15) is 5.11 Å². The van der Waals surface area contributed by atoms with Crippen LogP contribution < -0.4 is 0 Å². The fourth-order valence-corrected chi connectivity index (χ4v) is 3.94. The zero-order valence-electron chi connectivity index (χ0n) is 18.0. The number of H-pyrrole nitrogens is 1. The van der Waals surface area contributed by atoms with E-state index in [-0.39, 0.29) is 6.61 Å². The van der Waals surface area contributed by atoms with Gasteiger partial charge in [-0.3, -0.25) is 4.98 Å². The number of pyridine rings is 1. The Bertz CT molecular complexity index is 1140. The Balaban J connectivity index is 1.65. The Morgan fingerprint density at radius 3 is 2.42 bits per heavy atom. The van der Waals surface area contributed by atoms with Gasteiger partial charge in [0.05, 0.1) is 6.61 Å². The van der Waals surface area contributed by atoms with Gasteiger partial charge >= 0.3 is 0 Å². The summed E-state index contributed by atoms with van der Waals surface area (Å²) in [4.78, 5) is 4.69. The summed E-state index contributed by atoms with van der Waals surface area (Å²) in [5.74, 6) is 0.582. The van der Waals surface area contributed by atoms with Gasteiger partial charge in [0.1, 0.15) is 0 Å². The number of rotatable bonds is 8. The maximum atomic E-state index is 9.99. The molecule has 0 amide bonds. The molecule has 158 valence electrons. The molecule has 0 unspecified atom stereocenters. The van der Waals surface area contributed by atoms with E-state index in [1.807, 2.05) is 31.3 Å². The summed E-state index contributed by atoms with van der Waals surface area (Å²) in [5, 5.41) is 24.5. The molecule has 0 atom stereocenters. The van der Waals surface area contributed by atoms with E-state index in [0.29, 0.717) is 5.82 Å². The number of aromatic nitrogens is 5. The predicted molar refractivity (Wildman–Crippen MR) is 121 cm³/mol. The van der Waals surface area contributed by atoms with E-state index in [1.165, 1.54) is 5.56 Å². The van der Waals surface area contributed by atoms with Crippen molar-refractivity contribution >= 4 is 0 Å². The highest BCUT2D eigenvalue weighted by molar-refractivity contribution is 5.80. The number of hydrogen-bond acceptors (Lipinski definition) is 5. The minimum Gasteiger partial charge on any atom is -0.392 e. The Labute approximate surface area is 182 Å². The fraction of sp³-hybridized carbons (Fsp3) is 0.280. The topological polar surface area (TPSA) is 87.6 Å². The lowest BCUT2D eigenvalue weighted by molar-refractivity contribution is 0.279. The summed E-state index contributed by atoms with van der Waals surface area (Å²) in [6.07, 6.45) is 5.81. The molecule has 2 aromatic carbocycles. The van der Waals surface area contributed by atoms with Crippen LogP contribution in [0.2, 0.25) is 0 Å². The molecular formula is C25H27N5O. The zero-order chi connectivity index (χ0) is 21.6. The van der Waals surface area contributed by atoms with Crippen LogP contribution in [0.3, 0.4) is 0 Å². The van der Waals surface area contributed by atoms with Crippen molar-refractivity contribution in [2.75, 3.05) is 0 Å². The van der Waals surface area contributed by atoms with Crippen LogP contribution in [0, 0.1) is 6.92 Å². The Hall–Kier alpha value is -3.38. The van der Waals surface area contributed by atoms with Gasteiger partial charge in [0, 0.05) is 17.5 Å². The first-order valence-electron chi connectivity index (χ1n) is 10.7. The van der Waals surface area contributed by atoms with Crippen molar-refractivity contribution in [1.29, 1.82) is 0 Å². The standard InChI is InChI=1S/C25H27N5O/c1-3-4-9-24-22(23(16-31)17(2)15-26-24)14-18-10-12-19(13-11-18)20-7-5-6-8-21(20)25-27-29-30-28-25/h5-8,10-13,15,31H,3-4,9,14,16H2,1-2H3,(H,27,28,29,30). The van der Waals surface area contributed by atoms with Crippen LogP contribution in [0.1, 0.15) is 47.7 Å². The maximum absolute atomic E-state index is 9.99. The van der Waals surface area contributed by atoms with Gasteiger partial charge < -0.3 is 5.11 Å². The zero-order valence-corrected chi connectivity index (χ0v) is 18.0. The number of tetrazole rings is 1. The molecule has 0 spiro atoms. The molecule has 0 bridgehead atoms. The number of aliphatic hydroxyl groups excluding tert-OH is 1. The van der Waals surface area contributed by atoms with Crippen LogP contribution in [0.25, 0.3) is 22.5 Å². The van der Waals surface area contributed by atoms with Crippen molar-refractivity contribution in [2.24, 2.45) is 0 Å². The third kappa shape index (κ3) is 4.54. The fourth-order valence-electron chi connectivity index (χ4n) is 3.94. The van der Waals surface area contributed by atoms with Crippen molar-refractivity contribution in [3.05, 3.63) is 82.7 Å². The molecule has 6 heteroatoms.